The van der Waals surface area contributed by atoms with Crippen LogP contribution in [0, 0.1) is 12.7 Å². The van der Waals surface area contributed by atoms with E-state index in [4.69, 9.17) is 0 Å². The fourth-order valence-electron chi connectivity index (χ4n) is 3.33. The average molecular weight is 424 g/mol. The molecule has 0 aliphatic carbocycles. The van der Waals surface area contributed by atoms with Gasteiger partial charge in [-0.25, -0.2) is 9.37 Å². The Hall–Kier alpha value is -3.26. The van der Waals surface area contributed by atoms with Crippen LogP contribution in [0.25, 0.3) is 10.2 Å². The molecular weight excluding hydrogens is 401 g/mol. The number of amides is 1. The van der Waals surface area contributed by atoms with Crippen molar-refractivity contribution in [3.63, 3.8) is 0 Å². The molecule has 0 fully saturated rings. The van der Waals surface area contributed by atoms with E-state index in [-0.39, 0.29) is 11.7 Å². The monoisotopic (exact) mass is 423 g/mol. The highest BCUT2D eigenvalue weighted by Crippen LogP contribution is 2.29. The van der Waals surface area contributed by atoms with Crippen LogP contribution in [0.15, 0.2) is 48.7 Å². The van der Waals surface area contributed by atoms with Gasteiger partial charge in [0.15, 0.2) is 0 Å². The van der Waals surface area contributed by atoms with Crippen molar-refractivity contribution >= 4 is 33.3 Å². The number of rotatable bonds is 6. The van der Waals surface area contributed by atoms with Gasteiger partial charge in [-0.1, -0.05) is 18.2 Å². The maximum absolute atomic E-state index is 13.2. The van der Waals surface area contributed by atoms with Crippen LogP contribution in [0.2, 0.25) is 0 Å². The first-order valence-corrected chi connectivity index (χ1v) is 10.3. The molecule has 0 spiro atoms. The predicted molar refractivity (Wildman–Crippen MR) is 118 cm³/mol. The summed E-state index contributed by atoms with van der Waals surface area (Å²) in [5.41, 5.74) is 2.77. The third kappa shape index (κ3) is 4.04. The molecule has 0 saturated heterocycles. The van der Waals surface area contributed by atoms with Crippen molar-refractivity contribution in [1.82, 2.24) is 20.1 Å². The van der Waals surface area contributed by atoms with Gasteiger partial charge in [0.05, 0.1) is 17.1 Å². The Morgan fingerprint density at radius 3 is 2.73 bits per heavy atom. The number of anilines is 1. The number of nitrogens with zero attached hydrogens (tertiary/aromatic N) is 4. The zero-order valence-electron chi connectivity index (χ0n) is 17.0. The summed E-state index contributed by atoms with van der Waals surface area (Å²) in [6.45, 7) is 2.85. The van der Waals surface area contributed by atoms with Crippen molar-refractivity contribution in [2.75, 3.05) is 19.0 Å². The van der Waals surface area contributed by atoms with Crippen molar-refractivity contribution in [3.8, 4) is 0 Å². The highest BCUT2D eigenvalue weighted by Gasteiger charge is 2.17. The van der Waals surface area contributed by atoms with Crippen LogP contribution in [0.5, 0.6) is 0 Å². The predicted octanol–water partition coefficient (Wildman–Crippen LogP) is 3.98. The summed E-state index contributed by atoms with van der Waals surface area (Å²) in [6, 6.07) is 12.1. The number of nitrogens with one attached hydrogen (secondary N) is 1. The highest BCUT2D eigenvalue weighted by atomic mass is 32.1. The standard InChI is InChI=1S/C22H22FN5OS/c1-14-18-11-19(21(29)25-12-16-5-4-10-24-20(16)27(2)3)30-22(18)28(26-14)13-15-6-8-17(23)9-7-15/h4-11H,12-13H2,1-3H3,(H,25,29). The Balaban J connectivity index is 1.53. The maximum atomic E-state index is 13.2. The molecule has 0 atom stereocenters. The second-order valence-corrected chi connectivity index (χ2v) is 8.29. The van der Waals surface area contributed by atoms with E-state index >= 15 is 0 Å². The van der Waals surface area contributed by atoms with Gasteiger partial charge in [0.2, 0.25) is 0 Å². The second-order valence-electron chi connectivity index (χ2n) is 7.26. The van der Waals surface area contributed by atoms with Crippen LogP contribution < -0.4 is 10.2 Å². The lowest BCUT2D eigenvalue weighted by molar-refractivity contribution is 0.0955. The fourth-order valence-corrected chi connectivity index (χ4v) is 4.41. The third-order valence-corrected chi connectivity index (χ3v) is 5.95. The van der Waals surface area contributed by atoms with E-state index < -0.39 is 0 Å². The van der Waals surface area contributed by atoms with E-state index in [0.29, 0.717) is 18.0 Å². The average Bonchev–Trinajstić information content (AvgIpc) is 3.29. The quantitative estimate of drug-likeness (QED) is 0.510. The molecule has 0 bridgehead atoms. The van der Waals surface area contributed by atoms with Crippen molar-refractivity contribution in [2.45, 2.75) is 20.0 Å². The molecule has 0 radical (unpaired) electrons. The summed E-state index contributed by atoms with van der Waals surface area (Å²) in [6.07, 6.45) is 1.74. The number of carbonyl (C=O) groups is 1. The molecule has 4 aromatic rings. The van der Waals surface area contributed by atoms with E-state index in [1.807, 2.05) is 48.8 Å². The van der Waals surface area contributed by atoms with Gasteiger partial charge in [-0.2, -0.15) is 5.10 Å². The summed E-state index contributed by atoms with van der Waals surface area (Å²) >= 11 is 1.41. The molecule has 0 saturated carbocycles. The lowest BCUT2D eigenvalue weighted by Crippen LogP contribution is -2.23. The second kappa shape index (κ2) is 8.23. The van der Waals surface area contributed by atoms with Crippen LogP contribution >= 0.6 is 11.3 Å². The Bertz CT molecular complexity index is 1200. The molecule has 3 aromatic heterocycles. The van der Waals surface area contributed by atoms with Gasteiger partial charge in [0.1, 0.15) is 16.5 Å². The number of pyridine rings is 1. The molecular formula is C22H22FN5OS. The SMILES string of the molecule is Cc1nn(Cc2ccc(F)cc2)c2sc(C(=O)NCc3cccnc3N(C)C)cc12. The molecule has 8 heteroatoms. The van der Waals surface area contributed by atoms with Crippen LogP contribution in [0.3, 0.4) is 0 Å². The number of aromatic nitrogens is 3. The summed E-state index contributed by atoms with van der Waals surface area (Å²) in [5.74, 6) is 0.444. The molecule has 0 aliphatic heterocycles. The minimum Gasteiger partial charge on any atom is -0.362 e. The molecule has 1 N–H and O–H groups in total. The van der Waals surface area contributed by atoms with Gasteiger partial charge in [0, 0.05) is 37.8 Å². The lowest BCUT2D eigenvalue weighted by atomic mass is 10.2. The van der Waals surface area contributed by atoms with Crippen LogP contribution in [0.1, 0.15) is 26.5 Å². The molecule has 0 aliphatic rings. The Morgan fingerprint density at radius 2 is 2.00 bits per heavy atom. The highest BCUT2D eigenvalue weighted by molar-refractivity contribution is 7.20. The Morgan fingerprint density at radius 1 is 1.23 bits per heavy atom. The number of carbonyl (C=O) groups excluding carboxylic acids is 1. The van der Waals surface area contributed by atoms with Crippen LogP contribution in [0.4, 0.5) is 10.2 Å². The summed E-state index contributed by atoms with van der Waals surface area (Å²) in [5, 5.41) is 8.53. The van der Waals surface area contributed by atoms with Gasteiger partial charge < -0.3 is 10.2 Å². The number of hydrogen-bond donors (Lipinski definition) is 1. The zero-order valence-corrected chi connectivity index (χ0v) is 17.8. The van der Waals surface area contributed by atoms with Crippen LogP contribution in [-0.4, -0.2) is 34.8 Å². The van der Waals surface area contributed by atoms with E-state index in [1.54, 1.807) is 18.3 Å². The number of aryl methyl sites for hydroxylation is 1. The zero-order chi connectivity index (χ0) is 21.3. The number of thiophene rings is 1. The minimum atomic E-state index is -0.262. The van der Waals surface area contributed by atoms with Gasteiger partial charge in [-0.3, -0.25) is 9.48 Å². The van der Waals surface area contributed by atoms with Gasteiger partial charge >= 0.3 is 0 Å². The van der Waals surface area contributed by atoms with E-state index in [1.165, 1.54) is 23.5 Å². The van der Waals surface area contributed by atoms with Crippen molar-refractivity contribution < 1.29 is 9.18 Å². The van der Waals surface area contributed by atoms with Crippen molar-refractivity contribution in [2.24, 2.45) is 0 Å². The Labute approximate surface area is 178 Å². The summed E-state index contributed by atoms with van der Waals surface area (Å²) in [4.78, 5) is 20.6. The topological polar surface area (TPSA) is 63.1 Å². The third-order valence-electron chi connectivity index (χ3n) is 4.81. The smallest absolute Gasteiger partial charge is 0.261 e. The molecule has 1 aromatic carbocycles. The van der Waals surface area contributed by atoms with Gasteiger partial charge in [-0.15, -0.1) is 11.3 Å². The molecule has 30 heavy (non-hydrogen) atoms. The van der Waals surface area contributed by atoms with Gasteiger partial charge in [-0.05, 0) is 36.8 Å². The molecule has 154 valence electrons. The fraction of sp³-hybridized carbons (Fsp3) is 0.227. The number of benzene rings is 1. The van der Waals surface area contributed by atoms with Crippen molar-refractivity contribution in [3.05, 3.63) is 76.2 Å². The number of hydrogen-bond acceptors (Lipinski definition) is 5. The number of fused-ring (bicyclic) bond motifs is 1. The number of halogens is 1. The molecule has 3 heterocycles. The maximum Gasteiger partial charge on any atom is 0.261 e. The van der Waals surface area contributed by atoms with E-state index in [9.17, 15) is 9.18 Å². The summed E-state index contributed by atoms with van der Waals surface area (Å²) < 4.78 is 15.0. The largest absolute Gasteiger partial charge is 0.362 e. The first kappa shape index (κ1) is 20.0. The minimum absolute atomic E-state index is 0.127. The molecule has 1 amide bonds. The first-order chi connectivity index (χ1) is 14.4. The van der Waals surface area contributed by atoms with Crippen molar-refractivity contribution in [1.29, 1.82) is 0 Å². The lowest BCUT2D eigenvalue weighted by Gasteiger charge is -2.15. The normalized spacial score (nSPS) is 11.1. The molecule has 4 rings (SSSR count). The molecule has 6 nitrogen and oxygen atoms in total. The first-order valence-electron chi connectivity index (χ1n) is 9.53. The van der Waals surface area contributed by atoms with E-state index in [2.05, 4.69) is 15.4 Å². The van der Waals surface area contributed by atoms with Crippen LogP contribution in [-0.2, 0) is 13.1 Å². The molecule has 0 unspecified atom stereocenters. The Kier molecular flexibility index (Phi) is 5.50. The summed E-state index contributed by atoms with van der Waals surface area (Å²) in [7, 11) is 3.85. The van der Waals surface area contributed by atoms with E-state index in [0.717, 1.165) is 32.9 Å². The van der Waals surface area contributed by atoms with Gasteiger partial charge in [0.25, 0.3) is 5.91 Å².